The van der Waals surface area contributed by atoms with Gasteiger partial charge in [0.05, 0.1) is 6.04 Å². The van der Waals surface area contributed by atoms with Crippen molar-refractivity contribution < 1.29 is 4.39 Å². The fourth-order valence-corrected chi connectivity index (χ4v) is 1.24. The van der Waals surface area contributed by atoms with E-state index in [1.54, 1.807) is 0 Å². The van der Waals surface area contributed by atoms with Crippen LogP contribution in [0.4, 0.5) is 4.39 Å². The van der Waals surface area contributed by atoms with Gasteiger partial charge in [-0.3, -0.25) is 0 Å². The molecule has 0 radical (unpaired) electrons. The highest BCUT2D eigenvalue weighted by molar-refractivity contribution is 9.10. The second-order valence-electron chi connectivity index (χ2n) is 2.32. The Hall–Kier alpha value is -0.120. The summed E-state index contributed by atoms with van der Waals surface area (Å²) >= 11 is 3.28. The summed E-state index contributed by atoms with van der Waals surface area (Å²) < 4.78 is 13.0. The van der Waals surface area contributed by atoms with Crippen molar-refractivity contribution in [2.24, 2.45) is 5.73 Å². The number of benzene rings is 1. The Morgan fingerprint density at radius 1 is 1.50 bits per heavy atom. The molecule has 1 rings (SSSR count). The van der Waals surface area contributed by atoms with Gasteiger partial charge in [0.25, 0.3) is 0 Å². The Morgan fingerprint density at radius 2 is 2.17 bits per heavy atom. The van der Waals surface area contributed by atoms with Gasteiger partial charge in [-0.25, -0.2) is 4.39 Å². The topological polar surface area (TPSA) is 26.0 Å². The fraction of sp³-hybridized carbons (Fsp3) is 0.250. The van der Waals surface area contributed by atoms with E-state index in [1.807, 2.05) is 24.3 Å². The van der Waals surface area contributed by atoms with Gasteiger partial charge < -0.3 is 5.73 Å². The van der Waals surface area contributed by atoms with Crippen LogP contribution in [0.3, 0.4) is 0 Å². The van der Waals surface area contributed by atoms with Gasteiger partial charge in [-0.1, -0.05) is 28.1 Å². The van der Waals surface area contributed by atoms with Crippen LogP contribution in [-0.2, 0) is 0 Å². The third kappa shape index (κ3) is 3.09. The van der Waals surface area contributed by atoms with Crippen molar-refractivity contribution in [1.29, 1.82) is 0 Å². The van der Waals surface area contributed by atoms with Gasteiger partial charge in [-0.15, -0.1) is 12.4 Å². The Kier molecular flexibility index (Phi) is 5.46. The second kappa shape index (κ2) is 5.51. The highest BCUT2D eigenvalue weighted by atomic mass is 79.9. The summed E-state index contributed by atoms with van der Waals surface area (Å²) in [6, 6.07) is 6.87. The molecule has 0 bridgehead atoms. The number of hydrogen-bond acceptors (Lipinski definition) is 1. The van der Waals surface area contributed by atoms with Crippen LogP contribution >= 0.6 is 28.3 Å². The maximum Gasteiger partial charge on any atom is 0.109 e. The van der Waals surface area contributed by atoms with E-state index in [4.69, 9.17) is 5.73 Å². The normalized spacial score (nSPS) is 11.9. The van der Waals surface area contributed by atoms with Crippen LogP contribution in [0.15, 0.2) is 28.7 Å². The SMILES string of the molecule is Cl.N[C@@H](CF)c1cccc(Br)c1. The summed E-state index contributed by atoms with van der Waals surface area (Å²) in [4.78, 5) is 0. The van der Waals surface area contributed by atoms with E-state index in [-0.39, 0.29) is 12.4 Å². The van der Waals surface area contributed by atoms with Crippen LogP contribution in [0.2, 0.25) is 0 Å². The van der Waals surface area contributed by atoms with E-state index in [0.717, 1.165) is 10.0 Å². The molecule has 0 saturated heterocycles. The minimum absolute atomic E-state index is 0. The van der Waals surface area contributed by atoms with E-state index in [2.05, 4.69) is 15.9 Å². The zero-order valence-corrected chi connectivity index (χ0v) is 8.74. The Bertz CT molecular complexity index is 244. The molecule has 1 atom stereocenters. The molecule has 0 aromatic heterocycles. The fourth-order valence-electron chi connectivity index (χ4n) is 0.826. The minimum Gasteiger partial charge on any atom is -0.322 e. The van der Waals surface area contributed by atoms with Crippen LogP contribution in [0.25, 0.3) is 0 Å². The van der Waals surface area contributed by atoms with Gasteiger partial charge in [-0.2, -0.15) is 0 Å². The average Bonchev–Trinajstić information content (AvgIpc) is 2.03. The van der Waals surface area contributed by atoms with Crippen molar-refractivity contribution in [3.8, 4) is 0 Å². The van der Waals surface area contributed by atoms with Crippen molar-refractivity contribution in [1.82, 2.24) is 0 Å². The first-order chi connectivity index (χ1) is 5.24. The van der Waals surface area contributed by atoms with Crippen molar-refractivity contribution in [3.63, 3.8) is 0 Å². The molecule has 1 aromatic rings. The third-order valence-electron chi connectivity index (χ3n) is 1.44. The van der Waals surface area contributed by atoms with Gasteiger partial charge in [0.1, 0.15) is 6.67 Å². The molecule has 0 aliphatic heterocycles. The largest absolute Gasteiger partial charge is 0.322 e. The number of alkyl halides is 1. The van der Waals surface area contributed by atoms with Crippen LogP contribution < -0.4 is 5.73 Å². The molecule has 4 heteroatoms. The molecule has 68 valence electrons. The molecule has 0 aliphatic carbocycles. The summed E-state index contributed by atoms with van der Waals surface area (Å²) in [7, 11) is 0. The molecule has 12 heavy (non-hydrogen) atoms. The van der Waals surface area contributed by atoms with Gasteiger partial charge in [0.15, 0.2) is 0 Å². The number of hydrogen-bond donors (Lipinski definition) is 1. The van der Waals surface area contributed by atoms with E-state index in [9.17, 15) is 4.39 Å². The summed E-state index contributed by atoms with van der Waals surface area (Å²) in [6.07, 6.45) is 0. The monoisotopic (exact) mass is 253 g/mol. The molecule has 0 saturated carbocycles. The maximum atomic E-state index is 12.1. The second-order valence-corrected chi connectivity index (χ2v) is 3.23. The van der Waals surface area contributed by atoms with Crippen molar-refractivity contribution in [3.05, 3.63) is 34.3 Å². The van der Waals surface area contributed by atoms with Crippen LogP contribution in [0.5, 0.6) is 0 Å². The molecule has 1 aromatic carbocycles. The van der Waals surface area contributed by atoms with Crippen LogP contribution in [0.1, 0.15) is 11.6 Å². The third-order valence-corrected chi connectivity index (χ3v) is 1.94. The van der Waals surface area contributed by atoms with E-state index in [0.29, 0.717) is 0 Å². The zero-order chi connectivity index (χ0) is 8.27. The van der Waals surface area contributed by atoms with Crippen LogP contribution in [-0.4, -0.2) is 6.67 Å². The Morgan fingerprint density at radius 3 is 2.67 bits per heavy atom. The summed E-state index contributed by atoms with van der Waals surface area (Å²) in [5, 5.41) is 0. The Labute approximate surface area is 85.7 Å². The lowest BCUT2D eigenvalue weighted by Crippen LogP contribution is -2.11. The summed E-state index contributed by atoms with van der Waals surface area (Å²) in [5.74, 6) is 0. The maximum absolute atomic E-state index is 12.1. The van der Waals surface area contributed by atoms with Crippen molar-refractivity contribution in [2.45, 2.75) is 6.04 Å². The zero-order valence-electron chi connectivity index (χ0n) is 6.34. The predicted octanol–water partition coefficient (Wildman–Crippen LogP) is 2.84. The van der Waals surface area contributed by atoms with E-state index >= 15 is 0 Å². The number of rotatable bonds is 2. The number of halogens is 3. The van der Waals surface area contributed by atoms with Gasteiger partial charge in [-0.05, 0) is 17.7 Å². The standard InChI is InChI=1S/C8H9BrFN.ClH/c9-7-3-1-2-6(4-7)8(11)5-10;/h1-4,8H,5,11H2;1H/t8-;/m0./s1. The van der Waals surface area contributed by atoms with Gasteiger partial charge in [0, 0.05) is 4.47 Å². The lowest BCUT2D eigenvalue weighted by molar-refractivity contribution is 0.437. The smallest absolute Gasteiger partial charge is 0.109 e. The Balaban J connectivity index is 0.00000121. The number of nitrogens with two attached hydrogens (primary N) is 1. The molecule has 0 unspecified atom stereocenters. The van der Waals surface area contributed by atoms with Crippen LogP contribution in [0, 0.1) is 0 Å². The average molecular weight is 255 g/mol. The molecular formula is C8H10BrClFN. The molecule has 0 amide bonds. The first kappa shape index (κ1) is 11.9. The lowest BCUT2D eigenvalue weighted by atomic mass is 10.1. The lowest BCUT2D eigenvalue weighted by Gasteiger charge is -2.06. The molecule has 0 spiro atoms. The first-order valence-corrected chi connectivity index (χ1v) is 4.10. The first-order valence-electron chi connectivity index (χ1n) is 3.31. The quantitative estimate of drug-likeness (QED) is 0.863. The van der Waals surface area contributed by atoms with Gasteiger partial charge in [0.2, 0.25) is 0 Å². The molecule has 0 aliphatic rings. The summed E-state index contributed by atoms with van der Waals surface area (Å²) in [5.41, 5.74) is 6.29. The highest BCUT2D eigenvalue weighted by Gasteiger charge is 2.03. The van der Waals surface area contributed by atoms with Crippen molar-refractivity contribution >= 4 is 28.3 Å². The molecule has 0 heterocycles. The van der Waals surface area contributed by atoms with E-state index in [1.165, 1.54) is 0 Å². The molecule has 1 nitrogen and oxygen atoms in total. The predicted molar refractivity (Wildman–Crippen MR) is 54.3 cm³/mol. The highest BCUT2D eigenvalue weighted by Crippen LogP contribution is 2.16. The summed E-state index contributed by atoms with van der Waals surface area (Å²) in [6.45, 7) is -0.517. The van der Waals surface area contributed by atoms with E-state index < -0.39 is 12.7 Å². The van der Waals surface area contributed by atoms with Gasteiger partial charge >= 0.3 is 0 Å². The molecule has 0 fully saturated rings. The molecule has 2 N–H and O–H groups in total. The van der Waals surface area contributed by atoms with Crippen molar-refractivity contribution in [2.75, 3.05) is 6.67 Å². The minimum atomic E-state index is -0.517. The molecular weight excluding hydrogens is 244 g/mol.